The number of hydrogen-bond acceptors (Lipinski definition) is 5. The molecule has 6 heteroatoms. The molecule has 0 radical (unpaired) electrons. The first-order valence-corrected chi connectivity index (χ1v) is 7.53. The van der Waals surface area contributed by atoms with E-state index in [9.17, 15) is 4.79 Å². The molecule has 0 saturated carbocycles. The van der Waals surface area contributed by atoms with E-state index >= 15 is 0 Å². The van der Waals surface area contributed by atoms with Crippen LogP contribution < -0.4 is 15.0 Å². The number of hydrogen-bond donors (Lipinski definition) is 1. The van der Waals surface area contributed by atoms with Gasteiger partial charge in [-0.25, -0.2) is 4.98 Å². The first-order valence-electron chi connectivity index (χ1n) is 7.53. The van der Waals surface area contributed by atoms with Crippen LogP contribution in [0.1, 0.15) is 26.7 Å². The summed E-state index contributed by atoms with van der Waals surface area (Å²) in [5.41, 5.74) is 0. The molecule has 6 nitrogen and oxygen atoms in total. The number of carbonyl (C=O) groups is 1. The van der Waals surface area contributed by atoms with Crippen LogP contribution in [0.25, 0.3) is 0 Å². The summed E-state index contributed by atoms with van der Waals surface area (Å²) in [7, 11) is 0. The molecule has 2 aliphatic heterocycles. The second kappa shape index (κ2) is 5.89. The topological polar surface area (TPSA) is 63.7 Å². The number of nitrogens with one attached hydrogen (secondary N) is 1. The van der Waals surface area contributed by atoms with Gasteiger partial charge in [0.1, 0.15) is 5.82 Å². The summed E-state index contributed by atoms with van der Waals surface area (Å²) >= 11 is 0. The standard InChI is InChI=1S/C15H21N3O3/c1-3-10-7-18(8-11(4-2)21-10)13-6-5-12-15(16-13)17-14(19)9-20-12/h5-6,10-11H,3-4,7-9H2,1-2H3,(H,16,17,19). The van der Waals surface area contributed by atoms with Gasteiger partial charge in [0.25, 0.3) is 5.91 Å². The Hall–Kier alpha value is -1.82. The van der Waals surface area contributed by atoms with Crippen LogP contribution in [0.15, 0.2) is 12.1 Å². The minimum absolute atomic E-state index is 0.0569. The molecule has 0 aliphatic carbocycles. The number of rotatable bonds is 3. The van der Waals surface area contributed by atoms with Gasteiger partial charge in [-0.1, -0.05) is 13.8 Å². The zero-order valence-corrected chi connectivity index (χ0v) is 12.5. The van der Waals surface area contributed by atoms with E-state index in [4.69, 9.17) is 9.47 Å². The molecule has 2 aliphatic rings. The molecule has 1 saturated heterocycles. The maximum atomic E-state index is 11.4. The molecule has 1 aromatic rings. The maximum Gasteiger partial charge on any atom is 0.263 e. The molecule has 1 aromatic heterocycles. The largest absolute Gasteiger partial charge is 0.480 e. The third-order valence-electron chi connectivity index (χ3n) is 3.93. The van der Waals surface area contributed by atoms with E-state index in [2.05, 4.69) is 29.0 Å². The van der Waals surface area contributed by atoms with Crippen molar-refractivity contribution in [2.24, 2.45) is 0 Å². The van der Waals surface area contributed by atoms with E-state index in [1.807, 2.05) is 12.1 Å². The van der Waals surface area contributed by atoms with Crippen LogP contribution in [-0.4, -0.2) is 42.8 Å². The molecular formula is C15H21N3O3. The summed E-state index contributed by atoms with van der Waals surface area (Å²) in [6.07, 6.45) is 2.43. The van der Waals surface area contributed by atoms with E-state index < -0.39 is 0 Å². The number of ether oxygens (including phenoxy) is 2. The lowest BCUT2D eigenvalue weighted by molar-refractivity contribution is -0.118. The number of nitrogens with zero attached hydrogens (tertiary/aromatic N) is 2. The van der Waals surface area contributed by atoms with Gasteiger partial charge in [0.05, 0.1) is 12.2 Å². The summed E-state index contributed by atoms with van der Waals surface area (Å²) in [5, 5.41) is 2.76. The van der Waals surface area contributed by atoms with Crippen LogP contribution in [0.2, 0.25) is 0 Å². The second-order valence-corrected chi connectivity index (χ2v) is 5.45. The predicted octanol–water partition coefficient (Wildman–Crippen LogP) is 1.81. The molecule has 1 N–H and O–H groups in total. The highest BCUT2D eigenvalue weighted by molar-refractivity contribution is 5.94. The minimum atomic E-state index is -0.160. The fourth-order valence-electron chi connectivity index (χ4n) is 2.69. The number of carbonyl (C=O) groups excluding carboxylic acids is 1. The van der Waals surface area contributed by atoms with Crippen molar-refractivity contribution in [3.63, 3.8) is 0 Å². The number of anilines is 2. The second-order valence-electron chi connectivity index (χ2n) is 5.45. The average Bonchev–Trinajstić information content (AvgIpc) is 2.53. The van der Waals surface area contributed by atoms with Crippen LogP contribution >= 0.6 is 0 Å². The summed E-state index contributed by atoms with van der Waals surface area (Å²) < 4.78 is 11.3. The van der Waals surface area contributed by atoms with E-state index in [1.54, 1.807) is 0 Å². The molecule has 0 bridgehead atoms. The lowest BCUT2D eigenvalue weighted by Gasteiger charge is -2.38. The number of amides is 1. The van der Waals surface area contributed by atoms with Gasteiger partial charge in [-0.15, -0.1) is 0 Å². The first-order chi connectivity index (χ1) is 10.2. The van der Waals surface area contributed by atoms with Gasteiger partial charge >= 0.3 is 0 Å². The Balaban J connectivity index is 1.82. The van der Waals surface area contributed by atoms with Crippen LogP contribution in [0.5, 0.6) is 5.75 Å². The van der Waals surface area contributed by atoms with Gasteiger partial charge in [-0.2, -0.15) is 0 Å². The Labute approximate surface area is 124 Å². The average molecular weight is 291 g/mol. The van der Waals surface area contributed by atoms with E-state index in [0.29, 0.717) is 11.6 Å². The Bertz CT molecular complexity index is 523. The van der Waals surface area contributed by atoms with Gasteiger partial charge in [-0.3, -0.25) is 4.79 Å². The molecule has 2 unspecified atom stereocenters. The van der Waals surface area contributed by atoms with E-state index in [0.717, 1.165) is 31.7 Å². The van der Waals surface area contributed by atoms with Crippen molar-refractivity contribution in [2.45, 2.75) is 38.9 Å². The zero-order valence-electron chi connectivity index (χ0n) is 12.5. The van der Waals surface area contributed by atoms with E-state index in [1.165, 1.54) is 0 Å². The third kappa shape index (κ3) is 2.95. The smallest absolute Gasteiger partial charge is 0.263 e. The Morgan fingerprint density at radius 1 is 1.29 bits per heavy atom. The molecule has 3 rings (SSSR count). The maximum absolute atomic E-state index is 11.4. The SMILES string of the molecule is CCC1CN(c2ccc3c(n2)NC(=O)CO3)CC(CC)O1. The van der Waals surface area contributed by atoms with Crippen molar-refractivity contribution in [1.82, 2.24) is 4.98 Å². The number of pyridine rings is 1. The molecule has 1 fully saturated rings. The molecule has 21 heavy (non-hydrogen) atoms. The van der Waals surface area contributed by atoms with Crippen molar-refractivity contribution < 1.29 is 14.3 Å². The molecule has 0 spiro atoms. The van der Waals surface area contributed by atoms with Crippen molar-refractivity contribution in [3.8, 4) is 5.75 Å². The van der Waals surface area contributed by atoms with Crippen molar-refractivity contribution in [3.05, 3.63) is 12.1 Å². The summed E-state index contributed by atoms with van der Waals surface area (Å²) in [5.74, 6) is 1.84. The predicted molar refractivity (Wildman–Crippen MR) is 79.8 cm³/mol. The highest BCUT2D eigenvalue weighted by Crippen LogP contribution is 2.30. The lowest BCUT2D eigenvalue weighted by atomic mass is 10.1. The van der Waals surface area contributed by atoms with Crippen LogP contribution in [0.4, 0.5) is 11.6 Å². The molecule has 0 aromatic carbocycles. The van der Waals surface area contributed by atoms with Crippen molar-refractivity contribution in [1.29, 1.82) is 0 Å². The summed E-state index contributed by atoms with van der Waals surface area (Å²) in [6.45, 7) is 5.98. The summed E-state index contributed by atoms with van der Waals surface area (Å²) in [4.78, 5) is 18.2. The van der Waals surface area contributed by atoms with Gasteiger partial charge in [0, 0.05) is 13.1 Å². The highest BCUT2D eigenvalue weighted by Gasteiger charge is 2.27. The van der Waals surface area contributed by atoms with E-state index in [-0.39, 0.29) is 24.7 Å². The van der Waals surface area contributed by atoms with Gasteiger partial charge in [0.2, 0.25) is 0 Å². The Morgan fingerprint density at radius 3 is 2.67 bits per heavy atom. The fourth-order valence-corrected chi connectivity index (χ4v) is 2.69. The van der Waals surface area contributed by atoms with Crippen LogP contribution in [-0.2, 0) is 9.53 Å². The lowest BCUT2D eigenvalue weighted by Crippen LogP contribution is -2.47. The first kappa shape index (κ1) is 14.1. The number of fused-ring (bicyclic) bond motifs is 1. The number of morpholine rings is 1. The van der Waals surface area contributed by atoms with Crippen molar-refractivity contribution in [2.75, 3.05) is 29.9 Å². The zero-order chi connectivity index (χ0) is 14.8. The van der Waals surface area contributed by atoms with Gasteiger partial charge < -0.3 is 19.7 Å². The quantitative estimate of drug-likeness (QED) is 0.920. The van der Waals surface area contributed by atoms with Gasteiger partial charge in [0.15, 0.2) is 18.2 Å². The third-order valence-corrected chi connectivity index (χ3v) is 3.93. The monoisotopic (exact) mass is 291 g/mol. The highest BCUT2D eigenvalue weighted by atomic mass is 16.5. The Morgan fingerprint density at radius 2 is 2.00 bits per heavy atom. The molecular weight excluding hydrogens is 270 g/mol. The van der Waals surface area contributed by atoms with Crippen LogP contribution in [0, 0.1) is 0 Å². The molecule has 114 valence electrons. The molecule has 2 atom stereocenters. The minimum Gasteiger partial charge on any atom is -0.480 e. The van der Waals surface area contributed by atoms with Crippen molar-refractivity contribution >= 4 is 17.5 Å². The molecule has 1 amide bonds. The number of aromatic nitrogens is 1. The Kier molecular flexibility index (Phi) is 3.96. The fraction of sp³-hybridized carbons (Fsp3) is 0.600. The summed E-state index contributed by atoms with van der Waals surface area (Å²) in [6, 6.07) is 3.82. The molecule has 3 heterocycles. The van der Waals surface area contributed by atoms with Crippen LogP contribution in [0.3, 0.4) is 0 Å². The normalized spacial score (nSPS) is 25.0. The van der Waals surface area contributed by atoms with Gasteiger partial charge in [-0.05, 0) is 25.0 Å².